The normalized spacial score (nSPS) is 14.9. The van der Waals surface area contributed by atoms with Crippen molar-refractivity contribution in [2.75, 3.05) is 12.0 Å². The third kappa shape index (κ3) is 5.94. The number of aryl methyl sites for hydroxylation is 1. The van der Waals surface area contributed by atoms with Crippen LogP contribution in [0.3, 0.4) is 0 Å². The molecule has 0 aliphatic heterocycles. The van der Waals surface area contributed by atoms with Crippen molar-refractivity contribution in [3.63, 3.8) is 0 Å². The van der Waals surface area contributed by atoms with Crippen LogP contribution < -0.4 is 4.90 Å². The molecule has 1 heterocycles. The molecule has 1 atom stereocenters. The Balaban J connectivity index is 1.45. The Hall–Kier alpha value is -4.23. The lowest BCUT2D eigenvalue weighted by molar-refractivity contribution is -0.134. The smallest absolute Gasteiger partial charge is 0.330 e. The van der Waals surface area contributed by atoms with Crippen molar-refractivity contribution in [1.82, 2.24) is 4.98 Å². The van der Waals surface area contributed by atoms with Gasteiger partial charge >= 0.3 is 5.97 Å². The maximum Gasteiger partial charge on any atom is 0.330 e. The number of carbonyl (C=O) groups is 2. The molecule has 1 fully saturated rings. The van der Waals surface area contributed by atoms with Crippen molar-refractivity contribution in [3.05, 3.63) is 89.8 Å². The molecule has 0 spiro atoms. The number of methoxy groups -OCH3 is 1. The molecule has 7 heteroatoms. The number of carbonyl (C=O) groups excluding carboxylic acids is 2. The second kappa shape index (κ2) is 11.7. The van der Waals surface area contributed by atoms with E-state index in [9.17, 15) is 14.7 Å². The van der Waals surface area contributed by atoms with Crippen LogP contribution in [0, 0.1) is 12.8 Å². The van der Waals surface area contributed by atoms with Gasteiger partial charge in [-0.3, -0.25) is 9.69 Å². The number of aliphatic hydroxyl groups is 1. The number of aromatic nitrogens is 1. The fourth-order valence-electron chi connectivity index (χ4n) is 5.16. The van der Waals surface area contributed by atoms with Gasteiger partial charge in [0.2, 0.25) is 5.91 Å². The summed E-state index contributed by atoms with van der Waals surface area (Å²) < 4.78 is 10.4. The molecule has 1 saturated carbocycles. The topological polar surface area (TPSA) is 92.9 Å². The second-order valence-electron chi connectivity index (χ2n) is 9.91. The van der Waals surface area contributed by atoms with Gasteiger partial charge in [-0.1, -0.05) is 61.7 Å². The molecule has 1 unspecified atom stereocenters. The zero-order valence-electron chi connectivity index (χ0n) is 22.2. The number of hydrogen-bond acceptors (Lipinski definition) is 6. The fourth-order valence-corrected chi connectivity index (χ4v) is 5.16. The maximum atomic E-state index is 13.8. The Kier molecular flexibility index (Phi) is 7.89. The molecule has 1 amide bonds. The summed E-state index contributed by atoms with van der Waals surface area (Å²) in [5.41, 5.74) is 5.36. The standard InChI is InChI=1S/C32H32N2O5/c1-21-33-28-17-16-26(20-29(28)39-21)23-12-14-25(15-13-23)32(37)34(31(36)24-8-4-3-5-9-24)27-10-6-7-22(19-27)11-18-30(35)38-2/h6-7,10-20,24,32,37H,3-5,8-9H2,1-2H3/b18-11+. The van der Waals surface area contributed by atoms with Crippen molar-refractivity contribution >= 4 is 34.7 Å². The number of fused-ring (bicyclic) bond motifs is 1. The highest BCUT2D eigenvalue weighted by atomic mass is 16.5. The van der Waals surface area contributed by atoms with Crippen molar-refractivity contribution in [2.45, 2.75) is 45.3 Å². The first-order chi connectivity index (χ1) is 18.9. The molecule has 1 N–H and O–H groups in total. The van der Waals surface area contributed by atoms with Gasteiger partial charge in [-0.15, -0.1) is 0 Å². The SMILES string of the molecule is COC(=O)/C=C/c1cccc(N(C(=O)C2CCCCC2)C(O)c2ccc(-c3ccc4nc(C)oc4c3)cc2)c1. The summed E-state index contributed by atoms with van der Waals surface area (Å²) in [5, 5.41) is 11.6. The predicted octanol–water partition coefficient (Wildman–Crippen LogP) is 6.59. The van der Waals surface area contributed by atoms with Gasteiger partial charge in [0.1, 0.15) is 5.52 Å². The molecule has 1 aliphatic carbocycles. The van der Waals surface area contributed by atoms with E-state index in [0.717, 1.165) is 59.9 Å². The highest BCUT2D eigenvalue weighted by molar-refractivity contribution is 5.96. The van der Waals surface area contributed by atoms with Crippen LogP contribution in [0.25, 0.3) is 28.3 Å². The first kappa shape index (κ1) is 26.4. The number of esters is 1. The van der Waals surface area contributed by atoms with Crippen molar-refractivity contribution < 1.29 is 23.8 Å². The van der Waals surface area contributed by atoms with Gasteiger partial charge in [-0.05, 0) is 59.9 Å². The van der Waals surface area contributed by atoms with Crippen molar-refractivity contribution in [1.29, 1.82) is 0 Å². The third-order valence-electron chi connectivity index (χ3n) is 7.24. The van der Waals surface area contributed by atoms with Crippen molar-refractivity contribution in [2.24, 2.45) is 5.92 Å². The molecule has 5 rings (SSSR count). The lowest BCUT2D eigenvalue weighted by Gasteiger charge is -2.33. The minimum absolute atomic E-state index is 0.0912. The summed E-state index contributed by atoms with van der Waals surface area (Å²) in [6, 6.07) is 20.7. The van der Waals surface area contributed by atoms with Crippen LogP contribution in [0.2, 0.25) is 0 Å². The molecule has 1 aliphatic rings. The Morgan fingerprint density at radius 3 is 2.51 bits per heavy atom. The number of hydrogen-bond donors (Lipinski definition) is 1. The summed E-state index contributed by atoms with van der Waals surface area (Å²) in [5.74, 6) is -0.0768. The monoisotopic (exact) mass is 524 g/mol. The zero-order valence-corrected chi connectivity index (χ0v) is 22.2. The first-order valence-corrected chi connectivity index (χ1v) is 13.3. The van der Waals surface area contributed by atoms with Crippen LogP contribution in [0.4, 0.5) is 5.69 Å². The van der Waals surface area contributed by atoms with E-state index in [1.54, 1.807) is 12.1 Å². The Morgan fingerprint density at radius 1 is 1.03 bits per heavy atom. The summed E-state index contributed by atoms with van der Waals surface area (Å²) in [6.45, 7) is 1.82. The molecule has 3 aromatic carbocycles. The van der Waals surface area contributed by atoms with E-state index >= 15 is 0 Å². The second-order valence-corrected chi connectivity index (χ2v) is 9.91. The summed E-state index contributed by atoms with van der Waals surface area (Å²) in [6.07, 6.45) is 6.55. The van der Waals surface area contributed by atoms with Crippen LogP contribution >= 0.6 is 0 Å². The Morgan fingerprint density at radius 2 is 1.77 bits per heavy atom. The quantitative estimate of drug-likeness (QED) is 0.166. The minimum Gasteiger partial charge on any atom is -0.466 e. The molecule has 200 valence electrons. The number of nitrogens with zero attached hydrogens (tertiary/aromatic N) is 2. The van der Waals surface area contributed by atoms with Gasteiger partial charge in [0.05, 0.1) is 7.11 Å². The average Bonchev–Trinajstić information content (AvgIpc) is 3.36. The first-order valence-electron chi connectivity index (χ1n) is 13.3. The predicted molar refractivity (Wildman–Crippen MR) is 151 cm³/mol. The Labute approximate surface area is 227 Å². The Bertz CT molecular complexity index is 1500. The lowest BCUT2D eigenvalue weighted by Crippen LogP contribution is -2.40. The van der Waals surface area contributed by atoms with Crippen LogP contribution in [0.1, 0.15) is 55.3 Å². The molecular formula is C32H32N2O5. The summed E-state index contributed by atoms with van der Waals surface area (Å²) >= 11 is 0. The highest BCUT2D eigenvalue weighted by Crippen LogP contribution is 2.34. The van der Waals surface area contributed by atoms with Gasteiger partial charge in [0.25, 0.3) is 0 Å². The number of ether oxygens (including phenoxy) is 1. The van der Waals surface area contributed by atoms with Crippen LogP contribution in [-0.4, -0.2) is 29.1 Å². The number of rotatable bonds is 7. The van der Waals surface area contributed by atoms with Gasteiger partial charge in [-0.2, -0.15) is 0 Å². The number of oxazole rings is 1. The van der Waals surface area contributed by atoms with E-state index in [0.29, 0.717) is 17.1 Å². The van der Waals surface area contributed by atoms with Crippen LogP contribution in [-0.2, 0) is 14.3 Å². The molecule has 0 bridgehead atoms. The molecule has 1 aromatic heterocycles. The maximum absolute atomic E-state index is 13.8. The van der Waals surface area contributed by atoms with E-state index in [1.807, 2.05) is 67.6 Å². The minimum atomic E-state index is -1.17. The van der Waals surface area contributed by atoms with E-state index in [1.165, 1.54) is 18.1 Å². The molecular weight excluding hydrogens is 492 g/mol. The largest absolute Gasteiger partial charge is 0.466 e. The summed E-state index contributed by atoms with van der Waals surface area (Å²) in [7, 11) is 1.32. The molecule has 0 radical (unpaired) electrons. The van der Waals surface area contributed by atoms with Gasteiger partial charge < -0.3 is 14.3 Å². The van der Waals surface area contributed by atoms with Gasteiger partial charge in [-0.25, -0.2) is 9.78 Å². The van der Waals surface area contributed by atoms with E-state index in [2.05, 4.69) is 9.72 Å². The van der Waals surface area contributed by atoms with Crippen LogP contribution in [0.15, 0.2) is 77.2 Å². The van der Waals surface area contributed by atoms with Gasteiger partial charge in [0.15, 0.2) is 17.7 Å². The number of amides is 1. The third-order valence-corrected chi connectivity index (χ3v) is 7.24. The molecule has 7 nitrogen and oxygen atoms in total. The number of anilines is 1. The zero-order chi connectivity index (χ0) is 27.4. The lowest BCUT2D eigenvalue weighted by atomic mass is 9.88. The van der Waals surface area contributed by atoms with E-state index < -0.39 is 12.2 Å². The van der Waals surface area contributed by atoms with E-state index in [4.69, 9.17) is 4.42 Å². The van der Waals surface area contributed by atoms with Crippen LogP contribution in [0.5, 0.6) is 0 Å². The molecule has 0 saturated heterocycles. The van der Waals surface area contributed by atoms with E-state index in [-0.39, 0.29) is 11.8 Å². The average molecular weight is 525 g/mol. The van der Waals surface area contributed by atoms with Crippen molar-refractivity contribution in [3.8, 4) is 11.1 Å². The highest BCUT2D eigenvalue weighted by Gasteiger charge is 2.32. The molecule has 4 aromatic rings. The summed E-state index contributed by atoms with van der Waals surface area (Å²) in [4.78, 5) is 31.2. The molecule has 39 heavy (non-hydrogen) atoms. The fraction of sp³-hybridized carbons (Fsp3) is 0.281. The van der Waals surface area contributed by atoms with Gasteiger partial charge in [0, 0.05) is 30.2 Å². The number of benzene rings is 3. The number of aliphatic hydroxyl groups excluding tert-OH is 1.